The summed E-state index contributed by atoms with van der Waals surface area (Å²) in [5.41, 5.74) is 3.23. The van der Waals surface area contributed by atoms with E-state index in [1.807, 2.05) is 121 Å². The van der Waals surface area contributed by atoms with Gasteiger partial charge >= 0.3 is 5.97 Å². The summed E-state index contributed by atoms with van der Waals surface area (Å²) in [6, 6.07) is 34.7. The van der Waals surface area contributed by atoms with Crippen molar-refractivity contribution >= 4 is 35.1 Å². The minimum absolute atomic E-state index is 0.242. The quantitative estimate of drug-likeness (QED) is 0.0232. The predicted octanol–water partition coefficient (Wildman–Crippen LogP) is 8.03. The van der Waals surface area contributed by atoms with Crippen molar-refractivity contribution in [3.05, 3.63) is 144 Å². The maximum Gasteiger partial charge on any atom is 0.328 e. The van der Waals surface area contributed by atoms with Gasteiger partial charge in [-0.25, -0.2) is 9.79 Å². The first-order chi connectivity index (χ1) is 26.5. The van der Waals surface area contributed by atoms with Crippen LogP contribution in [0.2, 0.25) is 0 Å². The molecule has 9 nitrogen and oxygen atoms in total. The van der Waals surface area contributed by atoms with E-state index in [2.05, 4.69) is 27.5 Å². The van der Waals surface area contributed by atoms with Gasteiger partial charge in [0.05, 0.1) is 20.1 Å². The summed E-state index contributed by atoms with van der Waals surface area (Å²) >= 11 is 0. The second-order valence-electron chi connectivity index (χ2n) is 13.5. The smallest absolute Gasteiger partial charge is 0.328 e. The Morgan fingerprint density at radius 1 is 0.759 bits per heavy atom. The van der Waals surface area contributed by atoms with E-state index >= 15 is 0 Å². The summed E-state index contributed by atoms with van der Waals surface area (Å²) in [6.07, 6.45) is 11.2. The Bertz CT molecular complexity index is 1830. The highest BCUT2D eigenvalue weighted by atomic mass is 16.5. The lowest BCUT2D eigenvalue weighted by Gasteiger charge is -2.37. The number of benzene rings is 4. The van der Waals surface area contributed by atoms with E-state index in [4.69, 9.17) is 9.47 Å². The number of para-hydroxylation sites is 1. The Labute approximate surface area is 318 Å². The number of amides is 2. The van der Waals surface area contributed by atoms with Gasteiger partial charge in [-0.15, -0.1) is 0 Å². The number of nitrogens with one attached hydrogen (secondary N) is 3. The van der Waals surface area contributed by atoms with Crippen LogP contribution in [-0.2, 0) is 35.8 Å². The van der Waals surface area contributed by atoms with Crippen molar-refractivity contribution in [3.63, 3.8) is 0 Å². The molecule has 54 heavy (non-hydrogen) atoms. The van der Waals surface area contributed by atoms with Crippen LogP contribution in [0.4, 0.5) is 0 Å². The zero-order valence-electron chi connectivity index (χ0n) is 31.3. The Hall–Kier alpha value is -5.70. The van der Waals surface area contributed by atoms with E-state index in [1.165, 1.54) is 39.2 Å². The van der Waals surface area contributed by atoms with Crippen LogP contribution in [0.15, 0.2) is 126 Å². The molecule has 282 valence electrons. The van der Waals surface area contributed by atoms with E-state index in [0.717, 1.165) is 52.4 Å². The number of esters is 1. The fraction of sp³-hybridized carbons (Fsp3) is 0.333. The molecule has 2 atom stereocenters. The van der Waals surface area contributed by atoms with Gasteiger partial charge in [-0.05, 0) is 34.7 Å². The Morgan fingerprint density at radius 3 is 1.91 bits per heavy atom. The van der Waals surface area contributed by atoms with Gasteiger partial charge in [0.1, 0.15) is 17.6 Å². The number of unbranched alkanes of at least 4 members (excludes halogenated alkanes) is 6. The number of hydrogen-bond acceptors (Lipinski definition) is 6. The molecule has 0 fully saturated rings. The number of fused-ring (bicyclic) bond motifs is 1. The van der Waals surface area contributed by atoms with Crippen molar-refractivity contribution in [2.75, 3.05) is 13.7 Å². The van der Waals surface area contributed by atoms with E-state index in [-0.39, 0.29) is 12.8 Å². The number of nitrogens with zero attached hydrogens (tertiary/aromatic N) is 1. The molecule has 0 aliphatic carbocycles. The highest BCUT2D eigenvalue weighted by Gasteiger charge is 2.39. The van der Waals surface area contributed by atoms with Gasteiger partial charge in [-0.2, -0.15) is 0 Å². The van der Waals surface area contributed by atoms with Gasteiger partial charge in [-0.1, -0.05) is 155 Å². The number of ether oxygens (including phenoxy) is 2. The summed E-state index contributed by atoms with van der Waals surface area (Å²) in [7, 11) is 1.24. The molecule has 5 rings (SSSR count). The Morgan fingerprint density at radius 2 is 1.31 bits per heavy atom. The van der Waals surface area contributed by atoms with E-state index < -0.39 is 35.4 Å². The SMILES string of the molecule is CCCCCCCCCO/C=N/[C@@H](Cc1c[nH]c2ccccc12)C(=O)N[C@@H](CC(=O)NC(c1ccccc1)(c1ccccc1)c1ccccc1)C(=O)OC. The molecular weight excluding hydrogens is 677 g/mol. The fourth-order valence-electron chi connectivity index (χ4n) is 6.86. The largest absolute Gasteiger partial charge is 0.483 e. The number of rotatable bonds is 21. The third-order valence-corrected chi connectivity index (χ3v) is 9.71. The van der Waals surface area contributed by atoms with Crippen molar-refractivity contribution < 1.29 is 23.9 Å². The van der Waals surface area contributed by atoms with Crippen LogP contribution in [-0.4, -0.2) is 55.0 Å². The molecule has 1 heterocycles. The van der Waals surface area contributed by atoms with Gasteiger partial charge in [0.15, 0.2) is 6.40 Å². The average molecular weight is 729 g/mol. The molecule has 0 unspecified atom stereocenters. The van der Waals surface area contributed by atoms with E-state index in [0.29, 0.717) is 6.61 Å². The molecule has 4 aromatic carbocycles. The van der Waals surface area contributed by atoms with Crippen LogP contribution < -0.4 is 10.6 Å². The Kier molecular flexibility index (Phi) is 15.0. The van der Waals surface area contributed by atoms with Crippen LogP contribution in [0.1, 0.15) is 80.5 Å². The molecule has 0 bridgehead atoms. The van der Waals surface area contributed by atoms with Crippen molar-refractivity contribution in [1.29, 1.82) is 0 Å². The zero-order chi connectivity index (χ0) is 38.0. The number of hydrogen-bond donors (Lipinski definition) is 3. The number of aliphatic imine (C=N–C) groups is 1. The van der Waals surface area contributed by atoms with Crippen molar-refractivity contribution in [2.24, 2.45) is 4.99 Å². The van der Waals surface area contributed by atoms with E-state index in [1.54, 1.807) is 0 Å². The van der Waals surface area contributed by atoms with Gasteiger partial charge < -0.3 is 25.1 Å². The first-order valence-corrected chi connectivity index (χ1v) is 19.0. The zero-order valence-corrected chi connectivity index (χ0v) is 31.3. The maximum atomic E-state index is 14.2. The van der Waals surface area contributed by atoms with Crippen LogP contribution in [0.5, 0.6) is 0 Å². The number of aromatic nitrogens is 1. The lowest BCUT2D eigenvalue weighted by Crippen LogP contribution is -2.52. The van der Waals surface area contributed by atoms with Crippen molar-refractivity contribution in [1.82, 2.24) is 15.6 Å². The van der Waals surface area contributed by atoms with Crippen LogP contribution in [0.25, 0.3) is 10.9 Å². The van der Waals surface area contributed by atoms with Crippen LogP contribution >= 0.6 is 0 Å². The first-order valence-electron chi connectivity index (χ1n) is 19.0. The molecule has 2 amide bonds. The monoisotopic (exact) mass is 728 g/mol. The molecule has 0 radical (unpaired) electrons. The third kappa shape index (κ3) is 10.5. The molecule has 0 saturated carbocycles. The first kappa shape index (κ1) is 39.5. The number of methoxy groups -OCH3 is 1. The third-order valence-electron chi connectivity index (χ3n) is 9.71. The number of carbonyl (C=O) groups excluding carboxylic acids is 3. The molecule has 0 saturated heterocycles. The normalized spacial score (nSPS) is 12.6. The topological polar surface area (TPSA) is 122 Å². The molecule has 0 aliphatic heterocycles. The summed E-state index contributed by atoms with van der Waals surface area (Å²) in [6.45, 7) is 2.70. The van der Waals surface area contributed by atoms with Gasteiger partial charge in [-0.3, -0.25) is 9.59 Å². The van der Waals surface area contributed by atoms with Crippen molar-refractivity contribution in [2.45, 2.75) is 82.3 Å². The van der Waals surface area contributed by atoms with Crippen LogP contribution in [0.3, 0.4) is 0 Å². The second-order valence-corrected chi connectivity index (χ2v) is 13.5. The molecule has 5 aromatic rings. The lowest BCUT2D eigenvalue weighted by molar-refractivity contribution is -0.146. The van der Waals surface area contributed by atoms with Gasteiger partial charge in [0, 0.05) is 23.5 Å². The fourth-order valence-corrected chi connectivity index (χ4v) is 6.86. The summed E-state index contributed by atoms with van der Waals surface area (Å²) in [5, 5.41) is 7.03. The summed E-state index contributed by atoms with van der Waals surface area (Å²) in [5.74, 6) is -1.73. The minimum Gasteiger partial charge on any atom is -0.483 e. The summed E-state index contributed by atoms with van der Waals surface area (Å²) in [4.78, 5) is 49.3. The number of H-pyrrole nitrogens is 1. The lowest BCUT2D eigenvalue weighted by atomic mass is 9.77. The van der Waals surface area contributed by atoms with Gasteiger partial charge in [0.2, 0.25) is 11.8 Å². The number of carbonyl (C=O) groups is 3. The second kappa shape index (κ2) is 20.5. The summed E-state index contributed by atoms with van der Waals surface area (Å²) < 4.78 is 10.8. The molecule has 3 N–H and O–H groups in total. The molecular formula is C45H52N4O5. The van der Waals surface area contributed by atoms with Crippen LogP contribution in [0, 0.1) is 0 Å². The standard InChI is InChI=1S/C45H52N4O5/c1-3-4-5-6-7-8-20-29-54-33-47-40(30-34-32-46-39-28-19-18-27-38(34)39)43(51)48-41(44(52)53-2)31-42(50)49-45(35-21-12-9-13-22-35,36-23-14-10-15-24-36)37-25-16-11-17-26-37/h9-19,21-28,32-33,40-41,46H,3-8,20,29-31H2,1-2H3,(H,48,51)(H,49,50)/b47-33+/t40-,41-/m0/s1. The molecule has 0 aliphatic rings. The minimum atomic E-state index is -1.28. The predicted molar refractivity (Wildman–Crippen MR) is 214 cm³/mol. The number of aromatic amines is 1. The molecule has 9 heteroatoms. The van der Waals surface area contributed by atoms with Gasteiger partial charge in [0.25, 0.3) is 0 Å². The molecule has 1 aromatic heterocycles. The average Bonchev–Trinajstić information content (AvgIpc) is 3.63. The molecule has 0 spiro atoms. The highest BCUT2D eigenvalue weighted by molar-refractivity contribution is 5.93. The maximum absolute atomic E-state index is 14.2. The van der Waals surface area contributed by atoms with E-state index in [9.17, 15) is 14.4 Å². The van der Waals surface area contributed by atoms with Crippen molar-refractivity contribution in [3.8, 4) is 0 Å². The highest BCUT2D eigenvalue weighted by Crippen LogP contribution is 2.37. The Balaban J connectivity index is 1.35.